The van der Waals surface area contributed by atoms with E-state index in [4.69, 9.17) is 5.73 Å². The number of carbonyl (C=O) groups is 1. The number of hydrogen-bond acceptors (Lipinski definition) is 4. The lowest BCUT2D eigenvalue weighted by molar-refractivity contribution is -0.137. The van der Waals surface area contributed by atoms with Gasteiger partial charge in [-0.2, -0.15) is 13.2 Å². The lowest BCUT2D eigenvalue weighted by atomic mass is 9.96. The molecule has 1 atom stereocenters. The van der Waals surface area contributed by atoms with Gasteiger partial charge in [0, 0.05) is 18.5 Å². The minimum absolute atomic E-state index is 0. The van der Waals surface area contributed by atoms with E-state index in [0.29, 0.717) is 29.2 Å². The van der Waals surface area contributed by atoms with E-state index in [1.165, 1.54) is 17.4 Å². The first-order valence-corrected chi connectivity index (χ1v) is 8.29. The molecule has 1 heterocycles. The van der Waals surface area contributed by atoms with Gasteiger partial charge >= 0.3 is 6.18 Å². The van der Waals surface area contributed by atoms with E-state index in [0.717, 1.165) is 12.1 Å². The van der Waals surface area contributed by atoms with Crippen LogP contribution >= 0.6 is 23.7 Å². The maximum Gasteiger partial charge on any atom is 0.416 e. The Morgan fingerprint density at radius 1 is 1.40 bits per heavy atom. The minimum Gasteiger partial charge on any atom is -0.351 e. The van der Waals surface area contributed by atoms with Gasteiger partial charge in [-0.05, 0) is 24.0 Å². The summed E-state index contributed by atoms with van der Waals surface area (Å²) in [6.45, 7) is 2.47. The molecule has 0 radical (unpaired) electrons. The zero-order chi connectivity index (χ0) is 17.7. The first kappa shape index (κ1) is 21.4. The Labute approximate surface area is 154 Å². The molecule has 0 saturated heterocycles. The number of nitrogens with zero attached hydrogens (tertiary/aromatic N) is 1. The molecule has 1 unspecified atom stereocenters. The molecule has 138 valence electrons. The van der Waals surface area contributed by atoms with Crippen molar-refractivity contribution in [1.82, 2.24) is 10.3 Å². The van der Waals surface area contributed by atoms with Crippen molar-refractivity contribution in [3.63, 3.8) is 0 Å². The van der Waals surface area contributed by atoms with Crippen LogP contribution in [0.2, 0.25) is 0 Å². The molecule has 0 spiro atoms. The molecule has 0 fully saturated rings. The largest absolute Gasteiger partial charge is 0.416 e. The molecule has 2 aromatic rings. The molecule has 1 aromatic heterocycles. The van der Waals surface area contributed by atoms with Crippen LogP contribution in [-0.2, 0) is 12.7 Å². The number of rotatable bonds is 6. The van der Waals surface area contributed by atoms with Crippen molar-refractivity contribution in [2.45, 2.75) is 32.0 Å². The lowest BCUT2D eigenvalue weighted by Crippen LogP contribution is -2.25. The molecular weight excluding hydrogens is 375 g/mol. The third-order valence-corrected chi connectivity index (χ3v) is 4.48. The van der Waals surface area contributed by atoms with Crippen molar-refractivity contribution >= 4 is 29.7 Å². The second kappa shape index (κ2) is 9.17. The Kier molecular flexibility index (Phi) is 7.85. The maximum atomic E-state index is 12.7. The van der Waals surface area contributed by atoms with Gasteiger partial charge in [-0.3, -0.25) is 4.79 Å². The van der Waals surface area contributed by atoms with Gasteiger partial charge in [-0.25, -0.2) is 4.98 Å². The highest BCUT2D eigenvalue weighted by Crippen LogP contribution is 2.31. The summed E-state index contributed by atoms with van der Waals surface area (Å²) >= 11 is 1.31. The number of nitrogens with one attached hydrogen (secondary N) is 1. The summed E-state index contributed by atoms with van der Waals surface area (Å²) in [7, 11) is 0. The molecule has 0 saturated carbocycles. The Balaban J connectivity index is 0.00000312. The van der Waals surface area contributed by atoms with Crippen LogP contribution in [0.4, 0.5) is 13.2 Å². The number of amides is 1. The molecule has 0 aliphatic rings. The number of thiazole rings is 1. The number of carbonyl (C=O) groups excluding carboxylic acids is 1. The number of alkyl halides is 3. The third kappa shape index (κ3) is 5.98. The topological polar surface area (TPSA) is 68.0 Å². The number of halogens is 4. The van der Waals surface area contributed by atoms with Gasteiger partial charge < -0.3 is 11.1 Å². The molecule has 0 aliphatic heterocycles. The van der Waals surface area contributed by atoms with E-state index in [2.05, 4.69) is 10.3 Å². The molecular formula is C16H19ClF3N3OS. The van der Waals surface area contributed by atoms with Crippen molar-refractivity contribution in [3.8, 4) is 0 Å². The Morgan fingerprint density at radius 2 is 2.12 bits per heavy atom. The first-order chi connectivity index (χ1) is 11.3. The van der Waals surface area contributed by atoms with E-state index in [1.807, 2.05) is 6.92 Å². The second-order valence-corrected chi connectivity index (χ2v) is 6.34. The van der Waals surface area contributed by atoms with Crippen LogP contribution in [0.25, 0.3) is 0 Å². The van der Waals surface area contributed by atoms with Crippen LogP contribution in [0.3, 0.4) is 0 Å². The van der Waals surface area contributed by atoms with Gasteiger partial charge in [0.05, 0.1) is 5.56 Å². The fourth-order valence-corrected chi connectivity index (χ4v) is 2.84. The normalized spacial score (nSPS) is 12.4. The van der Waals surface area contributed by atoms with Crippen molar-refractivity contribution in [2.24, 2.45) is 5.73 Å². The van der Waals surface area contributed by atoms with Crippen molar-refractivity contribution in [2.75, 3.05) is 6.54 Å². The summed E-state index contributed by atoms with van der Waals surface area (Å²) in [6.07, 6.45) is -3.82. The molecule has 25 heavy (non-hydrogen) atoms. The first-order valence-electron chi connectivity index (χ1n) is 7.41. The average molecular weight is 394 g/mol. The van der Waals surface area contributed by atoms with Crippen LogP contribution in [0.1, 0.15) is 45.9 Å². The predicted molar refractivity (Wildman–Crippen MR) is 94.1 cm³/mol. The molecule has 1 amide bonds. The summed E-state index contributed by atoms with van der Waals surface area (Å²) in [5.74, 6) is -0.412. The molecule has 2 rings (SSSR count). The molecule has 0 aliphatic carbocycles. The smallest absolute Gasteiger partial charge is 0.351 e. The Hall–Kier alpha value is -1.64. The van der Waals surface area contributed by atoms with Gasteiger partial charge in [-0.1, -0.05) is 25.1 Å². The average Bonchev–Trinajstić information content (AvgIpc) is 3.03. The highest BCUT2D eigenvalue weighted by molar-refractivity contribution is 7.09. The number of nitrogens with two attached hydrogens (primary N) is 1. The third-order valence-electron chi connectivity index (χ3n) is 3.60. The van der Waals surface area contributed by atoms with Crippen molar-refractivity contribution in [1.29, 1.82) is 0 Å². The summed E-state index contributed by atoms with van der Waals surface area (Å²) in [5.41, 5.74) is 5.69. The fourth-order valence-electron chi connectivity index (χ4n) is 2.19. The van der Waals surface area contributed by atoms with Crippen LogP contribution in [-0.4, -0.2) is 17.4 Å². The zero-order valence-corrected chi connectivity index (χ0v) is 15.1. The van der Waals surface area contributed by atoms with Gasteiger partial charge in [0.1, 0.15) is 10.7 Å². The molecule has 3 N–H and O–H groups in total. The van der Waals surface area contributed by atoms with Crippen LogP contribution in [0, 0.1) is 0 Å². The number of hydrogen-bond donors (Lipinski definition) is 2. The Morgan fingerprint density at radius 3 is 2.72 bits per heavy atom. The lowest BCUT2D eigenvalue weighted by Gasteiger charge is -2.14. The summed E-state index contributed by atoms with van der Waals surface area (Å²) in [5, 5.41) is 5.04. The fraction of sp³-hybridized carbons (Fsp3) is 0.375. The molecule has 1 aromatic carbocycles. The highest BCUT2D eigenvalue weighted by Gasteiger charge is 2.30. The molecule has 4 nitrogen and oxygen atoms in total. The van der Waals surface area contributed by atoms with E-state index >= 15 is 0 Å². The van der Waals surface area contributed by atoms with Gasteiger partial charge in [0.25, 0.3) is 5.91 Å². The monoisotopic (exact) mass is 393 g/mol. The SMILES string of the molecule is CC(CCNC(=O)c1csc(CN)n1)c1cccc(C(F)(F)F)c1.Cl. The minimum atomic E-state index is -4.35. The summed E-state index contributed by atoms with van der Waals surface area (Å²) < 4.78 is 38.2. The Bertz CT molecular complexity index is 706. The number of benzene rings is 1. The highest BCUT2D eigenvalue weighted by atomic mass is 35.5. The molecule has 0 bridgehead atoms. The van der Waals surface area contributed by atoms with Gasteiger partial charge in [-0.15, -0.1) is 23.7 Å². The summed E-state index contributed by atoms with van der Waals surface area (Å²) in [6, 6.07) is 5.27. The standard InChI is InChI=1S/C16H18F3N3OS.ClH/c1-10(11-3-2-4-12(7-11)16(17,18)19)5-6-21-15(23)13-9-24-14(8-20)22-13;/h2-4,7,9-10H,5-6,8,20H2,1H3,(H,21,23);1H. The van der Waals surface area contributed by atoms with E-state index in [-0.39, 0.29) is 30.8 Å². The zero-order valence-electron chi connectivity index (χ0n) is 13.5. The number of aromatic nitrogens is 1. The van der Waals surface area contributed by atoms with E-state index < -0.39 is 11.7 Å². The second-order valence-electron chi connectivity index (χ2n) is 5.40. The van der Waals surface area contributed by atoms with E-state index in [9.17, 15) is 18.0 Å². The van der Waals surface area contributed by atoms with Crippen molar-refractivity contribution < 1.29 is 18.0 Å². The predicted octanol–water partition coefficient (Wildman–Crippen LogP) is 3.97. The quantitative estimate of drug-likeness (QED) is 0.780. The van der Waals surface area contributed by atoms with Crippen LogP contribution in [0.5, 0.6) is 0 Å². The van der Waals surface area contributed by atoms with Gasteiger partial charge in [0.2, 0.25) is 0 Å². The maximum absolute atomic E-state index is 12.7. The molecule has 9 heteroatoms. The van der Waals surface area contributed by atoms with Crippen LogP contribution < -0.4 is 11.1 Å². The van der Waals surface area contributed by atoms with E-state index in [1.54, 1.807) is 11.4 Å². The van der Waals surface area contributed by atoms with Crippen LogP contribution in [0.15, 0.2) is 29.6 Å². The van der Waals surface area contributed by atoms with Crippen molar-refractivity contribution in [3.05, 3.63) is 51.5 Å². The summed E-state index contributed by atoms with van der Waals surface area (Å²) in [4.78, 5) is 16.0. The van der Waals surface area contributed by atoms with Gasteiger partial charge in [0.15, 0.2) is 0 Å².